The minimum atomic E-state index is 0.0330. The minimum absolute atomic E-state index is 0.0330. The van der Waals surface area contributed by atoms with Crippen molar-refractivity contribution in [2.45, 2.75) is 6.42 Å². The van der Waals surface area contributed by atoms with Crippen molar-refractivity contribution in [2.75, 3.05) is 40.5 Å². The molecule has 0 bridgehead atoms. The topological polar surface area (TPSA) is 64.6 Å². The zero-order valence-electron chi connectivity index (χ0n) is 13.4. The van der Waals surface area contributed by atoms with Crippen LogP contribution in [-0.2, 0) is 20.7 Å². The van der Waals surface area contributed by atoms with E-state index in [0.29, 0.717) is 26.3 Å². The molecule has 7 heteroatoms. The predicted molar refractivity (Wildman–Crippen MR) is 89.4 cm³/mol. The van der Waals surface area contributed by atoms with Gasteiger partial charge in [-0.1, -0.05) is 0 Å². The molecule has 2 aromatic rings. The molecule has 0 atom stereocenters. The van der Waals surface area contributed by atoms with Crippen LogP contribution in [0, 0.1) is 0 Å². The van der Waals surface area contributed by atoms with Gasteiger partial charge in [-0.15, -0.1) is 11.3 Å². The van der Waals surface area contributed by atoms with Crippen molar-refractivity contribution in [3.8, 4) is 10.6 Å². The Hall–Kier alpha value is -1.83. The van der Waals surface area contributed by atoms with Gasteiger partial charge in [0.2, 0.25) is 5.91 Å². The maximum absolute atomic E-state index is 12.4. The Labute approximate surface area is 140 Å². The zero-order chi connectivity index (χ0) is 16.5. The molecule has 2 heterocycles. The maximum Gasteiger partial charge on any atom is 0.228 e. The molecule has 0 aliphatic carbocycles. The molecule has 0 saturated carbocycles. The van der Waals surface area contributed by atoms with Gasteiger partial charge in [-0.3, -0.25) is 9.78 Å². The fourth-order valence-corrected chi connectivity index (χ4v) is 2.87. The lowest BCUT2D eigenvalue weighted by Gasteiger charge is -2.21. The lowest BCUT2D eigenvalue weighted by Crippen LogP contribution is -2.37. The summed E-state index contributed by atoms with van der Waals surface area (Å²) in [6.45, 7) is 2.13. The molecule has 1 amide bonds. The number of thiazole rings is 1. The van der Waals surface area contributed by atoms with Gasteiger partial charge in [0.15, 0.2) is 0 Å². The van der Waals surface area contributed by atoms with E-state index in [1.54, 1.807) is 31.5 Å². The van der Waals surface area contributed by atoms with Crippen molar-refractivity contribution < 1.29 is 14.3 Å². The lowest BCUT2D eigenvalue weighted by atomic mass is 10.2. The number of carbonyl (C=O) groups is 1. The third kappa shape index (κ3) is 5.38. The first-order chi connectivity index (χ1) is 11.2. The smallest absolute Gasteiger partial charge is 0.228 e. The van der Waals surface area contributed by atoms with Gasteiger partial charge in [0.05, 0.1) is 25.3 Å². The van der Waals surface area contributed by atoms with Crippen molar-refractivity contribution in [3.63, 3.8) is 0 Å². The van der Waals surface area contributed by atoms with Gasteiger partial charge in [0, 0.05) is 50.6 Å². The van der Waals surface area contributed by atoms with Crippen LogP contribution in [0.3, 0.4) is 0 Å². The Kier molecular flexibility index (Phi) is 7.12. The van der Waals surface area contributed by atoms with Gasteiger partial charge < -0.3 is 14.4 Å². The van der Waals surface area contributed by atoms with Gasteiger partial charge in [-0.2, -0.15) is 0 Å². The molecule has 0 saturated heterocycles. The van der Waals surface area contributed by atoms with Crippen molar-refractivity contribution >= 4 is 17.2 Å². The zero-order valence-corrected chi connectivity index (χ0v) is 14.2. The summed E-state index contributed by atoms with van der Waals surface area (Å²) in [4.78, 5) is 22.7. The Bertz CT molecular complexity index is 596. The average molecular weight is 335 g/mol. The summed E-state index contributed by atoms with van der Waals surface area (Å²) in [5.41, 5.74) is 1.80. The molecule has 0 N–H and O–H groups in total. The molecule has 6 nitrogen and oxygen atoms in total. The van der Waals surface area contributed by atoms with Gasteiger partial charge in [-0.05, 0) is 12.1 Å². The third-order valence-corrected chi connectivity index (χ3v) is 4.23. The monoisotopic (exact) mass is 335 g/mol. The highest BCUT2D eigenvalue weighted by molar-refractivity contribution is 7.13. The summed E-state index contributed by atoms with van der Waals surface area (Å²) < 4.78 is 10.1. The summed E-state index contributed by atoms with van der Waals surface area (Å²) in [5, 5.41) is 2.83. The largest absolute Gasteiger partial charge is 0.383 e. The van der Waals surface area contributed by atoms with Gasteiger partial charge >= 0.3 is 0 Å². The third-order valence-electron chi connectivity index (χ3n) is 3.29. The molecule has 2 aromatic heterocycles. The summed E-state index contributed by atoms with van der Waals surface area (Å²) in [5.74, 6) is 0.0330. The molecule has 0 aliphatic rings. The number of nitrogens with zero attached hydrogens (tertiary/aromatic N) is 3. The molecule has 0 unspecified atom stereocenters. The molecule has 2 rings (SSSR count). The number of hydrogen-bond donors (Lipinski definition) is 0. The maximum atomic E-state index is 12.4. The molecular formula is C16H21N3O3S. The summed E-state index contributed by atoms with van der Waals surface area (Å²) in [7, 11) is 3.25. The van der Waals surface area contributed by atoms with Crippen molar-refractivity contribution in [2.24, 2.45) is 0 Å². The molecule has 0 aromatic carbocycles. The van der Waals surface area contributed by atoms with Crippen LogP contribution < -0.4 is 0 Å². The number of aromatic nitrogens is 2. The van der Waals surface area contributed by atoms with Crippen molar-refractivity contribution in [3.05, 3.63) is 35.6 Å². The van der Waals surface area contributed by atoms with E-state index in [1.807, 2.05) is 17.5 Å². The van der Waals surface area contributed by atoms with Crippen LogP contribution in [0.4, 0.5) is 0 Å². The van der Waals surface area contributed by atoms with Crippen LogP contribution in [0.25, 0.3) is 10.6 Å². The molecule has 124 valence electrons. The second kappa shape index (κ2) is 9.34. The van der Waals surface area contributed by atoms with E-state index in [4.69, 9.17) is 9.47 Å². The Morgan fingerprint density at radius 2 is 1.83 bits per heavy atom. The van der Waals surface area contributed by atoms with E-state index in [1.165, 1.54) is 11.3 Å². The van der Waals surface area contributed by atoms with Gasteiger partial charge in [0.1, 0.15) is 5.01 Å². The first-order valence-electron chi connectivity index (χ1n) is 7.35. The van der Waals surface area contributed by atoms with E-state index >= 15 is 0 Å². The lowest BCUT2D eigenvalue weighted by molar-refractivity contribution is -0.131. The predicted octanol–water partition coefficient (Wildman–Crippen LogP) is 1.87. The molecular weight excluding hydrogens is 314 g/mol. The molecule has 23 heavy (non-hydrogen) atoms. The van der Waals surface area contributed by atoms with E-state index < -0.39 is 0 Å². The number of carbonyl (C=O) groups excluding carboxylic acids is 1. The van der Waals surface area contributed by atoms with Crippen molar-refractivity contribution in [1.82, 2.24) is 14.9 Å². The van der Waals surface area contributed by atoms with E-state index in [2.05, 4.69) is 9.97 Å². The number of methoxy groups -OCH3 is 2. The van der Waals surface area contributed by atoms with Gasteiger partial charge in [0.25, 0.3) is 0 Å². The first kappa shape index (κ1) is 17.5. The summed E-state index contributed by atoms with van der Waals surface area (Å²) >= 11 is 1.53. The molecule has 0 aliphatic heterocycles. The average Bonchev–Trinajstić information content (AvgIpc) is 3.04. The Morgan fingerprint density at radius 3 is 2.43 bits per heavy atom. The second-order valence-corrected chi connectivity index (χ2v) is 5.78. The number of hydrogen-bond acceptors (Lipinski definition) is 6. The van der Waals surface area contributed by atoms with Crippen LogP contribution in [0.5, 0.6) is 0 Å². The Morgan fingerprint density at radius 1 is 1.17 bits per heavy atom. The van der Waals surface area contributed by atoms with Crippen molar-refractivity contribution in [1.29, 1.82) is 0 Å². The number of ether oxygens (including phenoxy) is 2. The summed E-state index contributed by atoms with van der Waals surface area (Å²) in [6, 6.07) is 3.82. The first-order valence-corrected chi connectivity index (χ1v) is 8.23. The second-order valence-electron chi connectivity index (χ2n) is 4.92. The highest BCUT2D eigenvalue weighted by atomic mass is 32.1. The molecule has 0 radical (unpaired) electrons. The van der Waals surface area contributed by atoms with Crippen LogP contribution in [0.15, 0.2) is 29.9 Å². The summed E-state index contributed by atoms with van der Waals surface area (Å²) in [6.07, 6.45) is 3.76. The van der Waals surface area contributed by atoms with E-state index in [9.17, 15) is 4.79 Å². The van der Waals surface area contributed by atoms with E-state index in [-0.39, 0.29) is 12.3 Å². The van der Waals surface area contributed by atoms with E-state index in [0.717, 1.165) is 16.3 Å². The fraction of sp³-hybridized carbons (Fsp3) is 0.438. The standard InChI is InChI=1S/C16H21N3O3S/c1-21-9-7-19(8-10-22-2)15(20)11-14-12-23-16(18-14)13-3-5-17-6-4-13/h3-6,12H,7-11H2,1-2H3. The highest BCUT2D eigenvalue weighted by Crippen LogP contribution is 2.23. The number of pyridine rings is 1. The minimum Gasteiger partial charge on any atom is -0.383 e. The SMILES string of the molecule is COCCN(CCOC)C(=O)Cc1csc(-c2ccncc2)n1. The molecule has 0 spiro atoms. The van der Waals surface area contributed by atoms with Crippen LogP contribution in [0.2, 0.25) is 0 Å². The molecule has 0 fully saturated rings. The normalized spacial score (nSPS) is 10.7. The Balaban J connectivity index is 1.99. The highest BCUT2D eigenvalue weighted by Gasteiger charge is 2.15. The van der Waals surface area contributed by atoms with Crippen LogP contribution in [-0.4, -0.2) is 61.3 Å². The fourth-order valence-electron chi connectivity index (χ4n) is 2.05. The number of amides is 1. The van der Waals surface area contributed by atoms with Gasteiger partial charge in [-0.25, -0.2) is 4.98 Å². The number of rotatable bonds is 9. The van der Waals surface area contributed by atoms with Crippen LogP contribution in [0.1, 0.15) is 5.69 Å². The van der Waals surface area contributed by atoms with Crippen LogP contribution >= 0.6 is 11.3 Å². The quantitative estimate of drug-likeness (QED) is 0.700.